The Labute approximate surface area is 194 Å². The van der Waals surface area contributed by atoms with Gasteiger partial charge in [-0.3, -0.25) is 0 Å². The van der Waals surface area contributed by atoms with E-state index in [-0.39, 0.29) is 154 Å². The van der Waals surface area contributed by atoms with Crippen LogP contribution in [0, 0.1) is 0 Å². The molecule has 0 aliphatic heterocycles. The zero-order valence-corrected chi connectivity index (χ0v) is 17.0. The van der Waals surface area contributed by atoms with Crippen LogP contribution < -0.4 is 164 Å². The molecule has 0 fully saturated rings. The van der Waals surface area contributed by atoms with Gasteiger partial charge in [0.15, 0.2) is 0 Å². The molecule has 48 valence electrons. The number of aliphatic carboxylic acids is 2. The molecule has 0 N–H and O–H groups in total. The second-order valence-electron chi connectivity index (χ2n) is 0.983. The molecule has 0 bridgehead atoms. The molecule has 0 aliphatic carbocycles. The van der Waals surface area contributed by atoms with Crippen LogP contribution in [0.4, 0.5) is 0 Å². The van der Waals surface area contributed by atoms with Crippen molar-refractivity contribution in [2.45, 2.75) is 13.8 Å². The van der Waals surface area contributed by atoms with Crippen LogP contribution in [-0.4, -0.2) is 11.9 Å². The summed E-state index contributed by atoms with van der Waals surface area (Å²) in [6.07, 6.45) is 0. The first-order valence-electron chi connectivity index (χ1n) is 1.82. The third-order valence-electron chi connectivity index (χ3n) is 0. The molecule has 0 saturated carbocycles. The van der Waals surface area contributed by atoms with Crippen LogP contribution in [0.25, 0.3) is 0 Å². The Bertz CT molecular complexity index is 75.3. The van der Waals surface area contributed by atoms with Gasteiger partial charge in [-0.1, -0.05) is 0 Å². The Morgan fingerprint density at radius 1 is 0.818 bits per heavy atom. The molecule has 0 rings (SSSR count). The maximum absolute atomic E-state index is 8.89. The van der Waals surface area contributed by atoms with Gasteiger partial charge in [0.25, 0.3) is 0 Å². The van der Waals surface area contributed by atoms with E-state index in [9.17, 15) is 0 Å². The fraction of sp³-hybridized carbons (Fsp3) is 0.500. The number of carboxylic acid groups (broad SMARTS) is 2. The van der Waals surface area contributed by atoms with Gasteiger partial charge in [0.05, 0.1) is 0 Å². The molecular weight excluding hydrogens is 229 g/mol. The first-order chi connectivity index (χ1) is 3.46. The monoisotopic (exact) mass is 235 g/mol. The van der Waals surface area contributed by atoms with Crippen LogP contribution in [-0.2, 0) is 9.59 Å². The molecule has 0 amide bonds. The summed E-state index contributed by atoms with van der Waals surface area (Å²) in [5.41, 5.74) is 0. The second kappa shape index (κ2) is 23.6. The largest absolute Gasteiger partial charge is 1.00 e. The SMILES string of the molecule is CC(=O)[O-].CC(=O)[O-].[K+].[K+].[K+]. The molecule has 0 aromatic carbocycles. The van der Waals surface area contributed by atoms with Crippen molar-refractivity contribution in [2.24, 2.45) is 0 Å². The van der Waals surface area contributed by atoms with E-state index in [2.05, 4.69) is 0 Å². The Morgan fingerprint density at radius 2 is 0.818 bits per heavy atom. The minimum atomic E-state index is -1.08. The Kier molecular flexibility index (Phi) is 62.9. The molecule has 11 heavy (non-hydrogen) atoms. The van der Waals surface area contributed by atoms with Gasteiger partial charge in [-0.2, -0.15) is 0 Å². The average molecular weight is 235 g/mol. The minimum absolute atomic E-state index is 0. The molecule has 0 radical (unpaired) electrons. The van der Waals surface area contributed by atoms with E-state index < -0.39 is 11.9 Å². The number of hydrogen-bond donors (Lipinski definition) is 0. The Balaban J connectivity index is -0.0000000171. The minimum Gasteiger partial charge on any atom is -0.550 e. The summed E-state index contributed by atoms with van der Waals surface area (Å²) < 4.78 is 0. The Morgan fingerprint density at radius 3 is 0.818 bits per heavy atom. The maximum atomic E-state index is 8.89. The third kappa shape index (κ3) is 131. The molecule has 0 saturated heterocycles. The number of hydrogen-bond acceptors (Lipinski definition) is 4. The smallest absolute Gasteiger partial charge is 0.550 e. The molecule has 0 spiro atoms. The molecule has 0 heterocycles. The molecule has 0 aromatic heterocycles. The second-order valence-corrected chi connectivity index (χ2v) is 0.983. The predicted molar refractivity (Wildman–Crippen MR) is 21.4 cm³/mol. The van der Waals surface area contributed by atoms with Crippen molar-refractivity contribution in [3.63, 3.8) is 0 Å². The first-order valence-corrected chi connectivity index (χ1v) is 1.82. The average Bonchev–Trinajstić information content (AvgIpc) is 1.25. The van der Waals surface area contributed by atoms with E-state index in [1.165, 1.54) is 0 Å². The van der Waals surface area contributed by atoms with Crippen LogP contribution in [0.2, 0.25) is 0 Å². The fourth-order valence-electron chi connectivity index (χ4n) is 0. The van der Waals surface area contributed by atoms with E-state index in [1.807, 2.05) is 0 Å². The third-order valence-corrected chi connectivity index (χ3v) is 0. The zero-order valence-electron chi connectivity index (χ0n) is 7.63. The summed E-state index contributed by atoms with van der Waals surface area (Å²) in [5, 5.41) is 17.8. The van der Waals surface area contributed by atoms with E-state index in [0.29, 0.717) is 0 Å². The molecule has 0 unspecified atom stereocenters. The quantitative estimate of drug-likeness (QED) is 0.391. The van der Waals surface area contributed by atoms with Crippen molar-refractivity contribution in [2.75, 3.05) is 0 Å². The fourth-order valence-corrected chi connectivity index (χ4v) is 0. The number of carbonyl (C=O) groups excluding carboxylic acids is 2. The number of rotatable bonds is 0. The van der Waals surface area contributed by atoms with Crippen molar-refractivity contribution in [1.82, 2.24) is 0 Å². The number of carboxylic acids is 2. The van der Waals surface area contributed by atoms with Gasteiger partial charge in [0.1, 0.15) is 0 Å². The summed E-state index contributed by atoms with van der Waals surface area (Å²) in [4.78, 5) is 17.8. The van der Waals surface area contributed by atoms with Crippen molar-refractivity contribution in [1.29, 1.82) is 0 Å². The van der Waals surface area contributed by atoms with Gasteiger partial charge in [-0.25, -0.2) is 0 Å². The normalized spacial score (nSPS) is 4.55. The van der Waals surface area contributed by atoms with Crippen molar-refractivity contribution >= 4 is 11.9 Å². The van der Waals surface area contributed by atoms with Crippen molar-refractivity contribution in [3.8, 4) is 0 Å². The van der Waals surface area contributed by atoms with Crippen LogP contribution in [0.15, 0.2) is 0 Å². The van der Waals surface area contributed by atoms with Gasteiger partial charge < -0.3 is 19.8 Å². The van der Waals surface area contributed by atoms with E-state index in [4.69, 9.17) is 19.8 Å². The van der Waals surface area contributed by atoms with Gasteiger partial charge in [0.2, 0.25) is 0 Å². The molecule has 0 atom stereocenters. The van der Waals surface area contributed by atoms with Gasteiger partial charge in [0, 0.05) is 11.9 Å². The molecule has 4 nitrogen and oxygen atoms in total. The summed E-state index contributed by atoms with van der Waals surface area (Å²) in [5.74, 6) is -2.17. The predicted octanol–water partition coefficient (Wildman–Crippen LogP) is -11.5. The number of carbonyl (C=O) groups is 2. The van der Waals surface area contributed by atoms with Crippen LogP contribution in [0.3, 0.4) is 0 Å². The van der Waals surface area contributed by atoms with E-state index in [0.717, 1.165) is 13.8 Å². The first kappa shape index (κ1) is 29.4. The molecule has 0 aliphatic rings. The zero-order chi connectivity index (χ0) is 7.15. The topological polar surface area (TPSA) is 80.3 Å². The van der Waals surface area contributed by atoms with E-state index >= 15 is 0 Å². The van der Waals surface area contributed by atoms with Crippen LogP contribution in [0.5, 0.6) is 0 Å². The van der Waals surface area contributed by atoms with Crippen molar-refractivity contribution in [3.05, 3.63) is 0 Å². The summed E-state index contributed by atoms with van der Waals surface area (Å²) >= 11 is 0. The summed E-state index contributed by atoms with van der Waals surface area (Å²) in [7, 11) is 0. The Hall–Kier alpha value is 3.85. The van der Waals surface area contributed by atoms with Crippen LogP contribution >= 0.6 is 0 Å². The molecular formula is C4H6K3O4+. The summed E-state index contributed by atoms with van der Waals surface area (Å²) in [6, 6.07) is 0. The van der Waals surface area contributed by atoms with E-state index in [1.54, 1.807) is 0 Å². The molecule has 0 aromatic rings. The molecule has 7 heteroatoms. The van der Waals surface area contributed by atoms with Crippen LogP contribution in [0.1, 0.15) is 13.8 Å². The van der Waals surface area contributed by atoms with Gasteiger partial charge >= 0.3 is 154 Å². The summed E-state index contributed by atoms with van der Waals surface area (Å²) in [6.45, 7) is 1.94. The van der Waals surface area contributed by atoms with Crippen molar-refractivity contribution < 1.29 is 174 Å². The van der Waals surface area contributed by atoms with Gasteiger partial charge in [-0.15, -0.1) is 0 Å². The maximum Gasteiger partial charge on any atom is 1.00 e. The standard InChI is InChI=1S/2C2H4O2.3K/c2*1-2(3)4;;;/h2*1H3,(H,3,4);;;/q;;3*+1/p-2. The van der Waals surface area contributed by atoms with Gasteiger partial charge in [-0.05, 0) is 13.8 Å².